The van der Waals surface area contributed by atoms with Gasteiger partial charge in [0.05, 0.1) is 5.60 Å². The van der Waals surface area contributed by atoms with Crippen molar-refractivity contribution >= 4 is 7.82 Å². The van der Waals surface area contributed by atoms with Crippen molar-refractivity contribution in [1.82, 2.24) is 0 Å². The second kappa shape index (κ2) is 6.55. The van der Waals surface area contributed by atoms with Crippen LogP contribution in [0.2, 0.25) is 0 Å². The van der Waals surface area contributed by atoms with Gasteiger partial charge in [0, 0.05) is 0 Å². The van der Waals surface area contributed by atoms with Gasteiger partial charge in [0.15, 0.2) is 6.10 Å². The van der Waals surface area contributed by atoms with E-state index in [1.165, 1.54) is 20.8 Å². The number of phosphoric acid groups is 1. The van der Waals surface area contributed by atoms with E-state index in [0.717, 1.165) is 0 Å². The van der Waals surface area contributed by atoms with Crippen LogP contribution >= 0.6 is 7.82 Å². The monoisotopic (exact) mass is 331 g/mol. The van der Waals surface area contributed by atoms with Gasteiger partial charge in [-0.05, 0) is 20.8 Å². The van der Waals surface area contributed by atoms with Gasteiger partial charge < -0.3 is 34.9 Å². The summed E-state index contributed by atoms with van der Waals surface area (Å²) < 4.78 is 20.1. The lowest BCUT2D eigenvalue weighted by molar-refractivity contribution is -0.365. The lowest BCUT2D eigenvalue weighted by atomic mass is 9.85. The minimum atomic E-state index is -4.91. The van der Waals surface area contributed by atoms with Gasteiger partial charge in [-0.15, -0.1) is 0 Å². The van der Waals surface area contributed by atoms with Gasteiger partial charge >= 0.3 is 0 Å². The highest BCUT2D eigenvalue weighted by Gasteiger charge is 2.50. The zero-order chi connectivity index (χ0) is 16.6. The van der Waals surface area contributed by atoms with Crippen LogP contribution in [0.15, 0.2) is 0 Å². The molecule has 1 saturated carbocycles. The summed E-state index contributed by atoms with van der Waals surface area (Å²) in [4.78, 5) is 15.8. The molecule has 0 heterocycles. The van der Waals surface area contributed by atoms with Crippen molar-refractivity contribution in [3.63, 3.8) is 0 Å². The standard InChI is InChI=1S/C10H21O10P/c1-10(2,3)19-21(16,17)20-18-9-7(14)5(12)4(11)6(13)8(9)15/h4-9,11-15H,1-3H3,(H,16,17)/p-1/t4?,5?,6?,7-,8?,9?/m0/s1. The number of rotatable bonds is 4. The molecule has 0 bridgehead atoms. The maximum absolute atomic E-state index is 11.5. The molecule has 5 N–H and O–H groups in total. The number of aliphatic hydroxyl groups is 5. The fourth-order valence-corrected chi connectivity index (χ4v) is 2.67. The molecule has 11 heteroatoms. The van der Waals surface area contributed by atoms with E-state index in [2.05, 4.69) is 14.1 Å². The maximum atomic E-state index is 11.5. The zero-order valence-electron chi connectivity index (χ0n) is 11.7. The van der Waals surface area contributed by atoms with Gasteiger partial charge in [-0.25, -0.2) is 4.89 Å². The molecule has 6 unspecified atom stereocenters. The van der Waals surface area contributed by atoms with Crippen molar-refractivity contribution in [1.29, 1.82) is 0 Å². The Kier molecular flexibility index (Phi) is 5.90. The van der Waals surface area contributed by atoms with E-state index in [4.69, 9.17) is 0 Å². The highest BCUT2D eigenvalue weighted by Crippen LogP contribution is 2.44. The number of hydrogen-bond donors (Lipinski definition) is 5. The van der Waals surface area contributed by atoms with E-state index in [1.54, 1.807) is 0 Å². The summed E-state index contributed by atoms with van der Waals surface area (Å²) in [6.07, 6.45) is -11.1. The first kappa shape index (κ1) is 18.9. The molecule has 0 spiro atoms. The lowest BCUT2D eigenvalue weighted by Gasteiger charge is -2.41. The van der Waals surface area contributed by atoms with Crippen LogP contribution in [0.1, 0.15) is 20.8 Å². The predicted octanol–water partition coefficient (Wildman–Crippen LogP) is -2.60. The van der Waals surface area contributed by atoms with Crippen molar-refractivity contribution in [2.45, 2.75) is 63.0 Å². The average molecular weight is 331 g/mol. The van der Waals surface area contributed by atoms with Crippen LogP contribution in [-0.2, 0) is 18.7 Å². The Bertz CT molecular complexity index is 380. The van der Waals surface area contributed by atoms with Crippen LogP contribution in [-0.4, -0.2) is 67.8 Å². The third-order valence-electron chi connectivity index (χ3n) is 2.70. The van der Waals surface area contributed by atoms with E-state index in [0.29, 0.717) is 0 Å². The number of phosphoric ester groups is 1. The topological polar surface area (TPSA) is 169 Å². The minimum absolute atomic E-state index is 1.10. The molecule has 126 valence electrons. The highest BCUT2D eigenvalue weighted by molar-refractivity contribution is 7.45. The van der Waals surface area contributed by atoms with Gasteiger partial charge in [0.1, 0.15) is 30.5 Å². The van der Waals surface area contributed by atoms with Crippen LogP contribution in [0, 0.1) is 0 Å². The van der Waals surface area contributed by atoms with Crippen molar-refractivity contribution in [3.05, 3.63) is 0 Å². The molecule has 1 fully saturated rings. The molecule has 0 aromatic carbocycles. The summed E-state index contributed by atoms with van der Waals surface area (Å²) in [6, 6.07) is 0. The van der Waals surface area contributed by atoms with E-state index in [1.807, 2.05) is 0 Å². The molecule has 0 aliphatic heterocycles. The van der Waals surface area contributed by atoms with Crippen molar-refractivity contribution < 1.29 is 49.1 Å². The first-order chi connectivity index (χ1) is 9.36. The van der Waals surface area contributed by atoms with E-state index in [9.17, 15) is 35.0 Å². The van der Waals surface area contributed by atoms with Crippen LogP contribution in [0.5, 0.6) is 0 Å². The molecule has 10 nitrogen and oxygen atoms in total. The highest BCUT2D eigenvalue weighted by atomic mass is 31.2. The fourth-order valence-electron chi connectivity index (χ4n) is 1.76. The second-order valence-corrected chi connectivity index (χ2v) is 6.97. The molecule has 0 radical (unpaired) electrons. The van der Waals surface area contributed by atoms with Crippen molar-refractivity contribution in [2.24, 2.45) is 0 Å². The summed E-state index contributed by atoms with van der Waals surface area (Å²) in [7, 11) is -4.91. The van der Waals surface area contributed by atoms with E-state index >= 15 is 0 Å². The quantitative estimate of drug-likeness (QED) is 0.209. The molecule has 1 rings (SSSR count). The Morgan fingerprint density at radius 1 is 0.905 bits per heavy atom. The summed E-state index contributed by atoms with van der Waals surface area (Å²) in [5.41, 5.74) is -1.10. The first-order valence-electron chi connectivity index (χ1n) is 6.13. The second-order valence-electron chi connectivity index (χ2n) is 5.74. The SMILES string of the molecule is CC(C)(C)OP(=O)([O-])OOC1C(O)C(O)C(O)C(O)[C@@H]1O. The molecule has 1 aliphatic rings. The molecular formula is C10H20O10P-. The van der Waals surface area contributed by atoms with Crippen LogP contribution in [0.3, 0.4) is 0 Å². The zero-order valence-corrected chi connectivity index (χ0v) is 12.6. The third-order valence-corrected chi connectivity index (χ3v) is 3.74. The van der Waals surface area contributed by atoms with Crippen molar-refractivity contribution in [2.75, 3.05) is 0 Å². The van der Waals surface area contributed by atoms with Crippen LogP contribution in [0.4, 0.5) is 0 Å². The Morgan fingerprint density at radius 2 is 1.29 bits per heavy atom. The molecule has 0 aromatic rings. The molecule has 0 amide bonds. The summed E-state index contributed by atoms with van der Waals surface area (Å²) in [6.45, 7) is 4.32. The Hall–Kier alpha value is -0.130. The van der Waals surface area contributed by atoms with Gasteiger partial charge in [-0.1, -0.05) is 0 Å². The number of hydrogen-bond acceptors (Lipinski definition) is 10. The molecule has 0 saturated heterocycles. The maximum Gasteiger partial charge on any atom is 0.298 e. The summed E-state index contributed by atoms with van der Waals surface area (Å²) in [5, 5.41) is 47.4. The average Bonchev–Trinajstić information content (AvgIpc) is 2.31. The van der Waals surface area contributed by atoms with Crippen LogP contribution < -0.4 is 4.89 Å². The van der Waals surface area contributed by atoms with Crippen molar-refractivity contribution in [3.8, 4) is 0 Å². The van der Waals surface area contributed by atoms with Gasteiger partial charge in [-0.2, -0.15) is 4.67 Å². The Morgan fingerprint density at radius 3 is 1.67 bits per heavy atom. The molecule has 21 heavy (non-hydrogen) atoms. The van der Waals surface area contributed by atoms with Gasteiger partial charge in [-0.3, -0.25) is 4.57 Å². The normalized spacial score (nSPS) is 40.8. The third kappa shape index (κ3) is 4.93. The van der Waals surface area contributed by atoms with E-state index in [-0.39, 0.29) is 0 Å². The van der Waals surface area contributed by atoms with E-state index < -0.39 is 50.0 Å². The minimum Gasteiger partial charge on any atom is -0.754 e. The first-order valence-corrected chi connectivity index (χ1v) is 7.59. The van der Waals surface area contributed by atoms with Crippen LogP contribution in [0.25, 0.3) is 0 Å². The predicted molar refractivity (Wildman–Crippen MR) is 64.4 cm³/mol. The summed E-state index contributed by atoms with van der Waals surface area (Å²) in [5.74, 6) is 0. The lowest BCUT2D eigenvalue weighted by Crippen LogP contribution is -2.64. The molecule has 0 aromatic heterocycles. The largest absolute Gasteiger partial charge is 0.754 e. The van der Waals surface area contributed by atoms with Gasteiger partial charge in [0.2, 0.25) is 0 Å². The number of aliphatic hydroxyl groups excluding tert-OH is 5. The van der Waals surface area contributed by atoms with Gasteiger partial charge in [0.25, 0.3) is 7.82 Å². The Balaban J connectivity index is 2.71. The Labute approximate surface area is 121 Å². The smallest absolute Gasteiger partial charge is 0.298 e. The fraction of sp³-hybridized carbons (Fsp3) is 1.00. The molecular weight excluding hydrogens is 311 g/mol. The molecule has 1 aliphatic carbocycles. The molecule has 7 atom stereocenters. The summed E-state index contributed by atoms with van der Waals surface area (Å²) >= 11 is 0.